The van der Waals surface area contributed by atoms with Gasteiger partial charge in [0.25, 0.3) is 0 Å². The summed E-state index contributed by atoms with van der Waals surface area (Å²) in [5.41, 5.74) is 1.38. The summed E-state index contributed by atoms with van der Waals surface area (Å²) in [6.45, 7) is 1.68. The third-order valence-corrected chi connectivity index (χ3v) is 3.46. The quantitative estimate of drug-likeness (QED) is 0.669. The topological polar surface area (TPSA) is 82.5 Å². The van der Waals surface area contributed by atoms with Gasteiger partial charge in [0.05, 0.1) is 19.8 Å². The predicted molar refractivity (Wildman–Crippen MR) is 74.3 cm³/mol. The van der Waals surface area contributed by atoms with Crippen molar-refractivity contribution in [3.8, 4) is 5.75 Å². The number of hydrogen-bond donors (Lipinski definition) is 3. The highest BCUT2D eigenvalue weighted by atomic mass is 16.6. The lowest BCUT2D eigenvalue weighted by atomic mass is 10.0. The van der Waals surface area contributed by atoms with E-state index in [0.717, 1.165) is 5.56 Å². The van der Waals surface area contributed by atoms with Gasteiger partial charge in [-0.2, -0.15) is 0 Å². The highest BCUT2D eigenvalue weighted by Crippen LogP contribution is 2.27. The van der Waals surface area contributed by atoms with Crippen LogP contribution in [-0.4, -0.2) is 46.8 Å². The third-order valence-electron chi connectivity index (χ3n) is 3.46. The molecule has 0 aromatic heterocycles. The van der Waals surface area contributed by atoms with Crippen molar-refractivity contribution >= 4 is 6.08 Å². The molecule has 0 saturated carbocycles. The van der Waals surface area contributed by atoms with E-state index in [1.807, 2.05) is 6.92 Å². The van der Waals surface area contributed by atoms with Gasteiger partial charge in [-0.1, -0.05) is 24.3 Å². The first-order valence-electron chi connectivity index (χ1n) is 6.55. The van der Waals surface area contributed by atoms with Crippen LogP contribution in [-0.2, 0) is 11.3 Å². The molecule has 0 spiro atoms. The molecule has 1 aromatic carbocycles. The van der Waals surface area contributed by atoms with Gasteiger partial charge in [-0.05, 0) is 18.6 Å². The number of rotatable bonds is 6. The summed E-state index contributed by atoms with van der Waals surface area (Å²) in [6, 6.07) is 5.36. The zero-order valence-electron chi connectivity index (χ0n) is 11.6. The summed E-state index contributed by atoms with van der Waals surface area (Å²) in [6.07, 6.45) is 0.879. The molecule has 1 aromatic rings. The minimum atomic E-state index is -1.01. The van der Waals surface area contributed by atoms with E-state index in [4.69, 9.17) is 9.47 Å². The highest BCUT2D eigenvalue weighted by Gasteiger charge is 2.43. The number of aliphatic hydroxyl groups is 3. The summed E-state index contributed by atoms with van der Waals surface area (Å²) in [5.74, 6) is 0.587. The van der Waals surface area contributed by atoms with Crippen LogP contribution in [0.25, 0.3) is 6.08 Å². The maximum absolute atomic E-state index is 9.89. The Morgan fingerprint density at radius 2 is 2.10 bits per heavy atom. The van der Waals surface area contributed by atoms with Crippen molar-refractivity contribution in [1.82, 2.24) is 0 Å². The van der Waals surface area contributed by atoms with Crippen LogP contribution < -0.4 is 4.74 Å². The van der Waals surface area contributed by atoms with Crippen LogP contribution >= 0.6 is 0 Å². The number of methoxy groups -OCH3 is 1. The summed E-state index contributed by atoms with van der Waals surface area (Å²) in [4.78, 5) is 0. The average Bonchev–Trinajstić information content (AvgIpc) is 3.20. The molecular formula is C15H20O5. The molecular weight excluding hydrogens is 260 g/mol. The lowest BCUT2D eigenvalue weighted by molar-refractivity contribution is 0.0297. The Morgan fingerprint density at radius 1 is 1.40 bits per heavy atom. The van der Waals surface area contributed by atoms with E-state index in [1.54, 1.807) is 24.3 Å². The van der Waals surface area contributed by atoms with Crippen molar-refractivity contribution in [1.29, 1.82) is 0 Å². The van der Waals surface area contributed by atoms with Crippen LogP contribution in [0.3, 0.4) is 0 Å². The molecule has 0 bridgehead atoms. The maximum atomic E-state index is 9.89. The monoisotopic (exact) mass is 280 g/mol. The number of epoxide rings is 1. The van der Waals surface area contributed by atoms with Gasteiger partial charge in [-0.3, -0.25) is 0 Å². The van der Waals surface area contributed by atoms with Gasteiger partial charge in [0.2, 0.25) is 0 Å². The van der Waals surface area contributed by atoms with E-state index in [1.165, 1.54) is 13.2 Å². The Labute approximate surface area is 118 Å². The molecule has 110 valence electrons. The summed E-state index contributed by atoms with van der Waals surface area (Å²) < 4.78 is 10.3. The zero-order valence-corrected chi connectivity index (χ0v) is 11.6. The molecule has 4 atom stereocenters. The molecule has 0 amide bonds. The van der Waals surface area contributed by atoms with Gasteiger partial charge in [0.15, 0.2) is 0 Å². The van der Waals surface area contributed by atoms with E-state index in [-0.39, 0.29) is 18.8 Å². The molecule has 3 N–H and O–H groups in total. The molecule has 0 aliphatic carbocycles. The Morgan fingerprint density at radius 3 is 2.65 bits per heavy atom. The second-order valence-corrected chi connectivity index (χ2v) is 4.83. The minimum absolute atomic E-state index is 0.0159. The molecule has 1 heterocycles. The second-order valence-electron chi connectivity index (χ2n) is 4.83. The van der Waals surface area contributed by atoms with E-state index in [2.05, 4.69) is 0 Å². The summed E-state index contributed by atoms with van der Waals surface area (Å²) in [5, 5.41) is 29.1. The van der Waals surface area contributed by atoms with Crippen LogP contribution in [0, 0.1) is 0 Å². The molecule has 1 fully saturated rings. The van der Waals surface area contributed by atoms with E-state index in [9.17, 15) is 15.3 Å². The lowest BCUT2D eigenvalue weighted by Crippen LogP contribution is -2.30. The van der Waals surface area contributed by atoms with Gasteiger partial charge in [0.1, 0.15) is 24.1 Å². The van der Waals surface area contributed by atoms with Crippen molar-refractivity contribution in [2.45, 2.75) is 37.9 Å². The number of benzene rings is 1. The molecule has 1 aliphatic rings. The maximum Gasteiger partial charge on any atom is 0.124 e. The van der Waals surface area contributed by atoms with Crippen LogP contribution in [0.1, 0.15) is 18.1 Å². The Hall–Kier alpha value is -1.40. The van der Waals surface area contributed by atoms with Gasteiger partial charge in [-0.25, -0.2) is 0 Å². The van der Waals surface area contributed by atoms with Crippen LogP contribution in [0.5, 0.6) is 5.75 Å². The predicted octanol–water partition coefficient (Wildman–Crippen LogP) is 0.710. The van der Waals surface area contributed by atoms with Crippen LogP contribution in [0.15, 0.2) is 24.3 Å². The largest absolute Gasteiger partial charge is 0.496 e. The molecule has 1 aliphatic heterocycles. The molecule has 1 saturated heterocycles. The summed E-state index contributed by atoms with van der Waals surface area (Å²) in [7, 11) is 1.53. The molecule has 0 radical (unpaired) electrons. The first kappa shape index (κ1) is 15.0. The van der Waals surface area contributed by atoms with Crippen molar-refractivity contribution < 1.29 is 24.8 Å². The van der Waals surface area contributed by atoms with Gasteiger partial charge in [-0.15, -0.1) is 0 Å². The van der Waals surface area contributed by atoms with Gasteiger partial charge in [0, 0.05) is 5.56 Å². The fraction of sp³-hybridized carbons (Fsp3) is 0.467. The highest BCUT2D eigenvalue weighted by molar-refractivity contribution is 5.58. The Kier molecular flexibility index (Phi) is 4.77. The molecule has 20 heavy (non-hydrogen) atoms. The van der Waals surface area contributed by atoms with Gasteiger partial charge >= 0.3 is 0 Å². The average molecular weight is 280 g/mol. The van der Waals surface area contributed by atoms with E-state index in [0.29, 0.717) is 11.3 Å². The first-order valence-corrected chi connectivity index (χ1v) is 6.55. The smallest absolute Gasteiger partial charge is 0.124 e. The minimum Gasteiger partial charge on any atom is -0.496 e. The normalized spacial score (nSPS) is 24.6. The van der Waals surface area contributed by atoms with Crippen molar-refractivity contribution in [2.75, 3.05) is 7.11 Å². The molecule has 2 rings (SSSR count). The van der Waals surface area contributed by atoms with Crippen molar-refractivity contribution in [3.63, 3.8) is 0 Å². The Balaban J connectivity index is 2.10. The molecule has 0 unspecified atom stereocenters. The van der Waals surface area contributed by atoms with Crippen LogP contribution in [0.4, 0.5) is 0 Å². The number of hydrogen-bond acceptors (Lipinski definition) is 5. The third kappa shape index (κ3) is 3.19. The van der Waals surface area contributed by atoms with Crippen molar-refractivity contribution in [3.05, 3.63) is 35.4 Å². The molecule has 5 nitrogen and oxygen atoms in total. The number of aliphatic hydroxyl groups excluding tert-OH is 3. The number of ether oxygens (including phenoxy) is 2. The zero-order chi connectivity index (χ0) is 14.7. The lowest BCUT2D eigenvalue weighted by Gasteiger charge is -2.13. The van der Waals surface area contributed by atoms with Crippen LogP contribution in [0.2, 0.25) is 0 Å². The first-order chi connectivity index (χ1) is 9.58. The van der Waals surface area contributed by atoms with Crippen molar-refractivity contribution in [2.24, 2.45) is 0 Å². The fourth-order valence-electron chi connectivity index (χ4n) is 2.17. The summed E-state index contributed by atoms with van der Waals surface area (Å²) >= 11 is 0. The second kappa shape index (κ2) is 6.37. The Bertz CT molecular complexity index is 485. The van der Waals surface area contributed by atoms with Gasteiger partial charge < -0.3 is 24.8 Å². The molecule has 5 heteroatoms. The van der Waals surface area contributed by atoms with E-state index >= 15 is 0 Å². The van der Waals surface area contributed by atoms with E-state index < -0.39 is 12.2 Å². The fourth-order valence-corrected chi connectivity index (χ4v) is 2.17. The SMILES string of the molecule is COc1cccc(/C=C/[C@@H](O)[C@@H](O)[C@@H]2O[C@@H]2C)c1CO. The standard InChI is InChI=1S/C15H20O5/c1-9-15(20-9)14(18)12(17)7-6-10-4-3-5-13(19-2)11(10)8-16/h3-7,9,12,14-18H,8H2,1-2H3/b7-6+/t9-,12-,14-,15-/m1/s1.